The summed E-state index contributed by atoms with van der Waals surface area (Å²) in [7, 11) is 0. The van der Waals surface area contributed by atoms with Crippen LogP contribution in [0.5, 0.6) is 5.75 Å². The zero-order chi connectivity index (χ0) is 15.7. The van der Waals surface area contributed by atoms with Crippen molar-refractivity contribution in [2.75, 3.05) is 18.4 Å². The highest BCUT2D eigenvalue weighted by molar-refractivity contribution is 6.01. The first-order valence-corrected chi connectivity index (χ1v) is 8.41. The number of rotatable bonds is 3. The number of carbonyl (C=O) groups is 1. The number of Topliss-reactive ketones (excluding diaryl/α,β-unsaturated/α-hetero) is 1. The van der Waals surface area contributed by atoms with Gasteiger partial charge in [-0.2, -0.15) is 0 Å². The van der Waals surface area contributed by atoms with E-state index in [-0.39, 0.29) is 17.9 Å². The van der Waals surface area contributed by atoms with E-state index in [4.69, 9.17) is 4.74 Å². The Kier molecular flexibility index (Phi) is 4.39. The Morgan fingerprint density at radius 2 is 2.18 bits per heavy atom. The molecular formula is C18H26N2O2. The van der Waals surface area contributed by atoms with Gasteiger partial charge in [-0.25, -0.2) is 0 Å². The van der Waals surface area contributed by atoms with Crippen molar-refractivity contribution in [2.24, 2.45) is 0 Å². The fourth-order valence-electron chi connectivity index (χ4n) is 3.52. The summed E-state index contributed by atoms with van der Waals surface area (Å²) >= 11 is 0. The number of carbonyl (C=O) groups excluding carboxylic acids is 1. The van der Waals surface area contributed by atoms with Gasteiger partial charge in [0.25, 0.3) is 0 Å². The topological polar surface area (TPSA) is 41.6 Å². The molecule has 4 heteroatoms. The van der Waals surface area contributed by atoms with Crippen LogP contribution in [-0.4, -0.2) is 42.0 Å². The summed E-state index contributed by atoms with van der Waals surface area (Å²) in [5.74, 6) is 1.05. The summed E-state index contributed by atoms with van der Waals surface area (Å²) in [4.78, 5) is 15.2. The maximum atomic E-state index is 12.8. The van der Waals surface area contributed by atoms with Crippen molar-refractivity contribution in [1.82, 2.24) is 4.90 Å². The average molecular weight is 302 g/mol. The molecule has 120 valence electrons. The Morgan fingerprint density at radius 1 is 1.36 bits per heavy atom. The molecule has 4 nitrogen and oxygen atoms in total. The highest BCUT2D eigenvalue weighted by Crippen LogP contribution is 2.31. The molecule has 3 rings (SSSR count). The number of anilines is 1. The Hall–Kier alpha value is -1.55. The van der Waals surface area contributed by atoms with Crippen LogP contribution in [0.15, 0.2) is 18.2 Å². The smallest absolute Gasteiger partial charge is 0.179 e. The number of nitrogens with one attached hydrogen (secondary N) is 1. The molecule has 0 aromatic heterocycles. The molecule has 3 unspecified atom stereocenters. The monoisotopic (exact) mass is 302 g/mol. The molecule has 1 aromatic carbocycles. The molecule has 1 saturated heterocycles. The van der Waals surface area contributed by atoms with Crippen molar-refractivity contribution in [3.8, 4) is 5.75 Å². The van der Waals surface area contributed by atoms with Crippen molar-refractivity contribution in [1.29, 1.82) is 0 Å². The molecule has 0 spiro atoms. The number of piperidine rings is 1. The van der Waals surface area contributed by atoms with E-state index in [0.29, 0.717) is 6.04 Å². The number of ether oxygens (including phenoxy) is 1. The first-order chi connectivity index (χ1) is 10.6. The van der Waals surface area contributed by atoms with E-state index in [9.17, 15) is 4.79 Å². The first-order valence-electron chi connectivity index (χ1n) is 8.41. The van der Waals surface area contributed by atoms with E-state index in [1.165, 1.54) is 19.3 Å². The van der Waals surface area contributed by atoms with E-state index >= 15 is 0 Å². The van der Waals surface area contributed by atoms with Crippen LogP contribution in [0.4, 0.5) is 5.69 Å². The van der Waals surface area contributed by atoms with Crippen LogP contribution in [0.1, 0.15) is 50.4 Å². The summed E-state index contributed by atoms with van der Waals surface area (Å²) in [6.07, 6.45) is 3.83. The molecule has 0 saturated carbocycles. The third-order valence-corrected chi connectivity index (χ3v) is 4.90. The maximum absolute atomic E-state index is 12.8. The Balaban J connectivity index is 1.77. The van der Waals surface area contributed by atoms with Gasteiger partial charge in [0.15, 0.2) is 5.78 Å². The number of nitrogens with zero attached hydrogens (tertiary/aromatic N) is 1. The molecule has 2 aliphatic heterocycles. The number of ketones is 1. The maximum Gasteiger partial charge on any atom is 0.179 e. The zero-order valence-electron chi connectivity index (χ0n) is 13.8. The Morgan fingerprint density at radius 3 is 2.95 bits per heavy atom. The highest BCUT2D eigenvalue weighted by Gasteiger charge is 2.29. The average Bonchev–Trinajstić information content (AvgIpc) is 2.53. The standard InChI is InChI=1S/C18H26N2O2/c1-12-6-4-5-9-20(12)14(3)18(21)15-7-8-17-16(10-15)19-11-13(2)22-17/h7-8,10,12-14,19H,4-6,9,11H2,1-3H3. The third-order valence-electron chi connectivity index (χ3n) is 4.90. The van der Waals surface area contributed by atoms with Gasteiger partial charge in [-0.15, -0.1) is 0 Å². The lowest BCUT2D eigenvalue weighted by molar-refractivity contribution is 0.0701. The van der Waals surface area contributed by atoms with Crippen LogP contribution in [0.25, 0.3) is 0 Å². The van der Waals surface area contributed by atoms with Crippen LogP contribution in [-0.2, 0) is 0 Å². The molecule has 22 heavy (non-hydrogen) atoms. The van der Waals surface area contributed by atoms with Gasteiger partial charge < -0.3 is 10.1 Å². The molecule has 0 aliphatic carbocycles. The van der Waals surface area contributed by atoms with E-state index in [2.05, 4.69) is 17.1 Å². The number of benzene rings is 1. The van der Waals surface area contributed by atoms with Gasteiger partial charge in [-0.05, 0) is 58.4 Å². The SMILES string of the molecule is CC1CNc2cc(C(=O)C(C)N3CCCCC3C)ccc2O1. The van der Waals surface area contributed by atoms with Gasteiger partial charge in [0.05, 0.1) is 18.3 Å². The van der Waals surface area contributed by atoms with Crippen LogP contribution in [0.3, 0.4) is 0 Å². The fraction of sp³-hybridized carbons (Fsp3) is 0.611. The number of fused-ring (bicyclic) bond motifs is 1. The molecule has 0 bridgehead atoms. The van der Waals surface area contributed by atoms with Crippen LogP contribution < -0.4 is 10.1 Å². The second-order valence-electron chi connectivity index (χ2n) is 6.64. The largest absolute Gasteiger partial charge is 0.487 e. The van der Waals surface area contributed by atoms with Crippen LogP contribution in [0.2, 0.25) is 0 Å². The van der Waals surface area contributed by atoms with Gasteiger partial charge >= 0.3 is 0 Å². The summed E-state index contributed by atoms with van der Waals surface area (Å²) < 4.78 is 5.78. The zero-order valence-corrected chi connectivity index (χ0v) is 13.8. The lowest BCUT2D eigenvalue weighted by atomic mass is 9.97. The van der Waals surface area contributed by atoms with Crippen molar-refractivity contribution in [3.63, 3.8) is 0 Å². The molecule has 0 radical (unpaired) electrons. The lowest BCUT2D eigenvalue weighted by Crippen LogP contribution is -2.47. The van der Waals surface area contributed by atoms with Crippen molar-refractivity contribution < 1.29 is 9.53 Å². The molecule has 2 heterocycles. The second kappa shape index (κ2) is 6.29. The Bertz CT molecular complexity index is 558. The van der Waals surface area contributed by atoms with Gasteiger partial charge in [-0.3, -0.25) is 9.69 Å². The quantitative estimate of drug-likeness (QED) is 0.870. The minimum atomic E-state index is -0.0585. The van der Waals surface area contributed by atoms with Gasteiger partial charge in [0, 0.05) is 11.6 Å². The summed E-state index contributed by atoms with van der Waals surface area (Å²) in [5.41, 5.74) is 1.71. The second-order valence-corrected chi connectivity index (χ2v) is 6.64. The molecule has 0 amide bonds. The fourth-order valence-corrected chi connectivity index (χ4v) is 3.52. The molecule has 3 atom stereocenters. The molecule has 2 aliphatic rings. The van der Waals surface area contributed by atoms with Crippen molar-refractivity contribution in [2.45, 2.75) is 58.2 Å². The van der Waals surface area contributed by atoms with Gasteiger partial charge in [0.1, 0.15) is 11.9 Å². The van der Waals surface area contributed by atoms with E-state index in [0.717, 1.165) is 30.1 Å². The number of likely N-dealkylation sites (tertiary alicyclic amines) is 1. The molecule has 1 fully saturated rings. The van der Waals surface area contributed by atoms with E-state index < -0.39 is 0 Å². The van der Waals surface area contributed by atoms with E-state index in [1.807, 2.05) is 32.0 Å². The van der Waals surface area contributed by atoms with Gasteiger partial charge in [-0.1, -0.05) is 6.42 Å². The van der Waals surface area contributed by atoms with Gasteiger partial charge in [0.2, 0.25) is 0 Å². The molecule has 1 aromatic rings. The van der Waals surface area contributed by atoms with E-state index in [1.54, 1.807) is 0 Å². The summed E-state index contributed by atoms with van der Waals surface area (Å²) in [5, 5.41) is 3.34. The predicted molar refractivity (Wildman–Crippen MR) is 88.8 cm³/mol. The summed E-state index contributed by atoms with van der Waals surface area (Å²) in [6.45, 7) is 8.11. The normalized spacial score (nSPS) is 26.5. The minimum absolute atomic E-state index is 0.0585. The molecule has 1 N–H and O–H groups in total. The minimum Gasteiger partial charge on any atom is -0.487 e. The first kappa shape index (κ1) is 15.3. The Labute approximate surface area is 132 Å². The molecular weight excluding hydrogens is 276 g/mol. The van der Waals surface area contributed by atoms with Crippen molar-refractivity contribution in [3.05, 3.63) is 23.8 Å². The predicted octanol–water partition coefficient (Wildman–Crippen LogP) is 3.33. The lowest BCUT2D eigenvalue weighted by Gasteiger charge is -2.37. The van der Waals surface area contributed by atoms with Crippen molar-refractivity contribution >= 4 is 11.5 Å². The van der Waals surface area contributed by atoms with Crippen LogP contribution >= 0.6 is 0 Å². The number of hydrogen-bond acceptors (Lipinski definition) is 4. The summed E-state index contributed by atoms with van der Waals surface area (Å²) in [6, 6.07) is 6.18. The third kappa shape index (κ3) is 2.98. The number of hydrogen-bond donors (Lipinski definition) is 1. The highest BCUT2D eigenvalue weighted by atomic mass is 16.5. The van der Waals surface area contributed by atoms with Crippen LogP contribution in [0, 0.1) is 0 Å².